The van der Waals surface area contributed by atoms with Crippen LogP contribution in [0.2, 0.25) is 0 Å². The highest BCUT2D eigenvalue weighted by atomic mass is 16.5. The highest BCUT2D eigenvalue weighted by molar-refractivity contribution is 4.94. The summed E-state index contributed by atoms with van der Waals surface area (Å²) in [5.41, 5.74) is 6.17. The SMILES string of the molecule is CCCC1(CNCC(CN)OC)CC1. The van der Waals surface area contributed by atoms with Gasteiger partial charge >= 0.3 is 0 Å². The van der Waals surface area contributed by atoms with Crippen LogP contribution in [0.5, 0.6) is 0 Å². The van der Waals surface area contributed by atoms with Gasteiger partial charge in [0.05, 0.1) is 6.10 Å². The van der Waals surface area contributed by atoms with Gasteiger partial charge in [-0.25, -0.2) is 0 Å². The summed E-state index contributed by atoms with van der Waals surface area (Å²) in [4.78, 5) is 0. The highest BCUT2D eigenvalue weighted by Gasteiger charge is 2.40. The molecule has 0 aromatic heterocycles. The molecule has 1 atom stereocenters. The average Bonchev–Trinajstić information content (AvgIpc) is 2.94. The first-order chi connectivity index (χ1) is 6.76. The lowest BCUT2D eigenvalue weighted by atomic mass is 10.0. The standard InChI is InChI=1S/C11H24N2O/c1-3-4-11(5-6-11)9-13-8-10(7-12)14-2/h10,13H,3-9,12H2,1-2H3. The predicted molar refractivity (Wildman–Crippen MR) is 59.3 cm³/mol. The highest BCUT2D eigenvalue weighted by Crippen LogP contribution is 2.48. The Morgan fingerprint density at radius 3 is 2.64 bits per heavy atom. The lowest BCUT2D eigenvalue weighted by Crippen LogP contribution is -2.36. The molecule has 1 unspecified atom stereocenters. The molecule has 0 heterocycles. The average molecular weight is 200 g/mol. The van der Waals surface area contributed by atoms with Crippen LogP contribution in [0.25, 0.3) is 0 Å². The summed E-state index contributed by atoms with van der Waals surface area (Å²) < 4.78 is 5.21. The second kappa shape index (κ2) is 5.69. The van der Waals surface area contributed by atoms with Gasteiger partial charge in [0, 0.05) is 26.7 Å². The van der Waals surface area contributed by atoms with Crippen LogP contribution in [0.4, 0.5) is 0 Å². The fourth-order valence-corrected chi connectivity index (χ4v) is 1.98. The lowest BCUT2D eigenvalue weighted by molar-refractivity contribution is 0.107. The third kappa shape index (κ3) is 3.56. The molecule has 84 valence electrons. The van der Waals surface area contributed by atoms with Crippen molar-refractivity contribution in [2.24, 2.45) is 11.1 Å². The Labute approximate surface area is 87.4 Å². The Hall–Kier alpha value is -0.120. The number of nitrogens with two attached hydrogens (primary N) is 1. The molecule has 0 saturated heterocycles. The Morgan fingerprint density at radius 2 is 2.21 bits per heavy atom. The van der Waals surface area contributed by atoms with E-state index in [0.717, 1.165) is 13.1 Å². The first-order valence-corrected chi connectivity index (χ1v) is 5.70. The van der Waals surface area contributed by atoms with Gasteiger partial charge in [-0.05, 0) is 24.7 Å². The lowest BCUT2D eigenvalue weighted by Gasteiger charge is -2.18. The predicted octanol–water partition coefficient (Wildman–Crippen LogP) is 1.13. The van der Waals surface area contributed by atoms with E-state index in [-0.39, 0.29) is 6.10 Å². The molecule has 3 heteroatoms. The van der Waals surface area contributed by atoms with Crippen LogP contribution in [0.3, 0.4) is 0 Å². The van der Waals surface area contributed by atoms with E-state index in [1.807, 2.05) is 0 Å². The molecule has 3 nitrogen and oxygen atoms in total. The van der Waals surface area contributed by atoms with Crippen molar-refractivity contribution < 1.29 is 4.74 Å². The Bertz CT molecular complexity index is 153. The summed E-state index contributed by atoms with van der Waals surface area (Å²) >= 11 is 0. The van der Waals surface area contributed by atoms with Crippen LogP contribution in [-0.2, 0) is 4.74 Å². The summed E-state index contributed by atoms with van der Waals surface area (Å²) in [5, 5.41) is 3.47. The van der Waals surface area contributed by atoms with E-state index < -0.39 is 0 Å². The van der Waals surface area contributed by atoms with Crippen molar-refractivity contribution in [3.8, 4) is 0 Å². The van der Waals surface area contributed by atoms with Crippen molar-refractivity contribution >= 4 is 0 Å². The van der Waals surface area contributed by atoms with Gasteiger partial charge in [0.15, 0.2) is 0 Å². The third-order valence-corrected chi connectivity index (χ3v) is 3.21. The van der Waals surface area contributed by atoms with Crippen LogP contribution in [-0.4, -0.2) is 32.8 Å². The third-order valence-electron chi connectivity index (χ3n) is 3.21. The minimum absolute atomic E-state index is 0.174. The van der Waals surface area contributed by atoms with Gasteiger partial charge in [-0.1, -0.05) is 13.3 Å². The topological polar surface area (TPSA) is 47.3 Å². The molecular weight excluding hydrogens is 176 g/mol. The number of methoxy groups -OCH3 is 1. The Kier molecular flexibility index (Phi) is 4.85. The summed E-state index contributed by atoms with van der Waals surface area (Å²) in [7, 11) is 1.72. The van der Waals surface area contributed by atoms with Gasteiger partial charge in [0.25, 0.3) is 0 Å². The van der Waals surface area contributed by atoms with Gasteiger partial charge < -0.3 is 15.8 Å². The monoisotopic (exact) mass is 200 g/mol. The van der Waals surface area contributed by atoms with E-state index in [0.29, 0.717) is 12.0 Å². The number of rotatable bonds is 8. The molecule has 1 saturated carbocycles. The minimum Gasteiger partial charge on any atom is -0.379 e. The van der Waals surface area contributed by atoms with Gasteiger partial charge in [-0.15, -0.1) is 0 Å². The molecule has 0 aromatic carbocycles. The maximum atomic E-state index is 5.54. The second-order valence-corrected chi connectivity index (χ2v) is 4.47. The summed E-state index contributed by atoms with van der Waals surface area (Å²) in [6.45, 7) is 4.89. The van der Waals surface area contributed by atoms with Crippen molar-refractivity contribution in [1.82, 2.24) is 5.32 Å². The van der Waals surface area contributed by atoms with E-state index in [1.165, 1.54) is 25.7 Å². The molecule has 1 aliphatic carbocycles. The molecule has 1 aliphatic rings. The van der Waals surface area contributed by atoms with E-state index >= 15 is 0 Å². The van der Waals surface area contributed by atoms with Gasteiger partial charge in [-0.3, -0.25) is 0 Å². The van der Waals surface area contributed by atoms with Gasteiger partial charge in [0.1, 0.15) is 0 Å². The van der Waals surface area contributed by atoms with Gasteiger partial charge in [-0.2, -0.15) is 0 Å². The van der Waals surface area contributed by atoms with Crippen LogP contribution < -0.4 is 11.1 Å². The zero-order valence-corrected chi connectivity index (χ0v) is 9.51. The number of hydrogen-bond acceptors (Lipinski definition) is 3. The molecule has 1 fully saturated rings. The first-order valence-electron chi connectivity index (χ1n) is 5.70. The Morgan fingerprint density at radius 1 is 1.50 bits per heavy atom. The Balaban J connectivity index is 2.08. The van der Waals surface area contributed by atoms with Gasteiger partial charge in [0.2, 0.25) is 0 Å². The zero-order chi connectivity index (χ0) is 10.4. The van der Waals surface area contributed by atoms with E-state index in [9.17, 15) is 0 Å². The van der Waals surface area contributed by atoms with Crippen molar-refractivity contribution in [2.45, 2.75) is 38.7 Å². The summed E-state index contributed by atoms with van der Waals surface area (Å²) in [5.74, 6) is 0. The van der Waals surface area contributed by atoms with Crippen molar-refractivity contribution in [3.05, 3.63) is 0 Å². The van der Waals surface area contributed by atoms with Crippen molar-refractivity contribution in [3.63, 3.8) is 0 Å². The van der Waals surface area contributed by atoms with E-state index in [4.69, 9.17) is 10.5 Å². The zero-order valence-electron chi connectivity index (χ0n) is 9.51. The molecule has 0 aliphatic heterocycles. The maximum absolute atomic E-state index is 5.54. The summed E-state index contributed by atoms with van der Waals surface area (Å²) in [6, 6.07) is 0. The van der Waals surface area contributed by atoms with E-state index in [1.54, 1.807) is 7.11 Å². The molecule has 1 rings (SSSR count). The fraction of sp³-hybridized carbons (Fsp3) is 1.00. The fourth-order valence-electron chi connectivity index (χ4n) is 1.98. The molecule has 0 aromatic rings. The number of ether oxygens (including phenoxy) is 1. The number of nitrogens with one attached hydrogen (secondary N) is 1. The molecule has 0 radical (unpaired) electrons. The van der Waals surface area contributed by atoms with Crippen LogP contribution in [0.15, 0.2) is 0 Å². The van der Waals surface area contributed by atoms with Crippen LogP contribution in [0.1, 0.15) is 32.6 Å². The largest absolute Gasteiger partial charge is 0.379 e. The van der Waals surface area contributed by atoms with E-state index in [2.05, 4.69) is 12.2 Å². The maximum Gasteiger partial charge on any atom is 0.0817 e. The second-order valence-electron chi connectivity index (χ2n) is 4.47. The molecule has 0 amide bonds. The van der Waals surface area contributed by atoms with Crippen LogP contribution >= 0.6 is 0 Å². The summed E-state index contributed by atoms with van der Waals surface area (Å²) in [6.07, 6.45) is 5.63. The molecule has 0 bridgehead atoms. The minimum atomic E-state index is 0.174. The molecular formula is C11H24N2O. The smallest absolute Gasteiger partial charge is 0.0817 e. The van der Waals surface area contributed by atoms with Crippen molar-refractivity contribution in [2.75, 3.05) is 26.7 Å². The normalized spacial score (nSPS) is 20.8. The quantitative estimate of drug-likeness (QED) is 0.617. The van der Waals surface area contributed by atoms with Crippen LogP contribution in [0, 0.1) is 5.41 Å². The van der Waals surface area contributed by atoms with Crippen molar-refractivity contribution in [1.29, 1.82) is 0 Å². The number of hydrogen-bond donors (Lipinski definition) is 2. The first kappa shape index (κ1) is 12.0. The molecule has 0 spiro atoms. The molecule has 14 heavy (non-hydrogen) atoms. The molecule has 3 N–H and O–H groups in total.